The summed E-state index contributed by atoms with van der Waals surface area (Å²) in [6, 6.07) is 18.8. The zero-order chi connectivity index (χ0) is 23.1. The minimum atomic E-state index is -0.709. The van der Waals surface area contributed by atoms with Crippen LogP contribution in [0, 0.1) is 5.92 Å². The minimum absolute atomic E-state index is 0.0871. The van der Waals surface area contributed by atoms with E-state index in [1.165, 1.54) is 16.2 Å². The topological polar surface area (TPSA) is 57.7 Å². The highest BCUT2D eigenvalue weighted by molar-refractivity contribution is 7.10. The van der Waals surface area contributed by atoms with Crippen LogP contribution in [0.15, 0.2) is 72.1 Å². The fraction of sp³-hybridized carbons (Fsp3) is 0.269. The van der Waals surface area contributed by atoms with E-state index >= 15 is 0 Å². The molecule has 0 N–H and O–H groups in total. The molecule has 0 bridgehead atoms. The molecule has 0 spiro atoms. The molecular formula is C26H23ClN2O3S. The van der Waals surface area contributed by atoms with E-state index in [1.54, 1.807) is 29.2 Å². The third-order valence-electron chi connectivity index (χ3n) is 6.54. The Bertz CT molecular complexity index is 1180. The monoisotopic (exact) mass is 478 g/mol. The standard InChI is InChI=1S/C26H23ClN2O3S/c1-2-14-28-25(31)23-20(16-7-4-3-5-8-16)21(24(30)17-10-12-18(27)13-11-17)22(29(23)26(28)32)19-9-6-15-33-19/h3-13,15,20-23H,2,14H2,1H3. The van der Waals surface area contributed by atoms with Gasteiger partial charge in [0.2, 0.25) is 0 Å². The van der Waals surface area contributed by atoms with Gasteiger partial charge in [-0.1, -0.05) is 54.9 Å². The first kappa shape index (κ1) is 21.9. The number of ketones is 1. The fourth-order valence-electron chi connectivity index (χ4n) is 5.20. The number of urea groups is 1. The number of carbonyl (C=O) groups excluding carboxylic acids is 3. The van der Waals surface area contributed by atoms with E-state index in [1.807, 2.05) is 54.8 Å². The molecule has 0 radical (unpaired) electrons. The Kier molecular flexibility index (Phi) is 5.81. The number of halogens is 1. The molecule has 1 aromatic heterocycles. The Morgan fingerprint density at radius 3 is 2.33 bits per heavy atom. The van der Waals surface area contributed by atoms with Crippen molar-refractivity contribution in [2.45, 2.75) is 31.3 Å². The first-order valence-corrected chi connectivity index (χ1v) is 12.3. The summed E-state index contributed by atoms with van der Waals surface area (Å²) in [4.78, 5) is 45.0. The van der Waals surface area contributed by atoms with E-state index in [2.05, 4.69) is 0 Å². The van der Waals surface area contributed by atoms with Gasteiger partial charge in [0.25, 0.3) is 5.91 Å². The van der Waals surface area contributed by atoms with Crippen LogP contribution in [0.5, 0.6) is 0 Å². The molecule has 2 saturated heterocycles. The van der Waals surface area contributed by atoms with Gasteiger partial charge in [0, 0.05) is 27.9 Å². The predicted molar refractivity (Wildman–Crippen MR) is 129 cm³/mol. The number of carbonyl (C=O) groups is 3. The van der Waals surface area contributed by atoms with Crippen LogP contribution in [-0.2, 0) is 4.79 Å². The molecule has 4 atom stereocenters. The molecule has 5 rings (SSSR count). The SMILES string of the molecule is CCCN1C(=O)C2C(c3ccccc3)C(C(=O)c3ccc(Cl)cc3)C(c3cccs3)N2C1=O. The molecule has 7 heteroatoms. The van der Waals surface area contributed by atoms with Crippen molar-refractivity contribution in [3.63, 3.8) is 0 Å². The molecular weight excluding hydrogens is 456 g/mol. The van der Waals surface area contributed by atoms with Gasteiger partial charge >= 0.3 is 6.03 Å². The van der Waals surface area contributed by atoms with Crippen molar-refractivity contribution in [3.05, 3.63) is 93.1 Å². The molecule has 2 aliphatic rings. The highest BCUT2D eigenvalue weighted by Gasteiger charge is 2.63. The van der Waals surface area contributed by atoms with Gasteiger partial charge in [0.15, 0.2) is 5.78 Å². The second kappa shape index (κ2) is 8.76. The van der Waals surface area contributed by atoms with Crippen molar-refractivity contribution in [2.75, 3.05) is 6.54 Å². The molecule has 4 unspecified atom stereocenters. The van der Waals surface area contributed by atoms with Crippen LogP contribution in [0.25, 0.3) is 0 Å². The van der Waals surface area contributed by atoms with E-state index in [9.17, 15) is 14.4 Å². The minimum Gasteiger partial charge on any atom is -0.303 e. The third kappa shape index (κ3) is 3.58. The van der Waals surface area contributed by atoms with Crippen LogP contribution < -0.4 is 0 Å². The second-order valence-corrected chi connectivity index (χ2v) is 9.83. The van der Waals surface area contributed by atoms with E-state index in [-0.39, 0.29) is 17.7 Å². The van der Waals surface area contributed by atoms with Crippen molar-refractivity contribution in [3.8, 4) is 0 Å². The number of rotatable bonds is 6. The molecule has 33 heavy (non-hydrogen) atoms. The first-order valence-electron chi connectivity index (χ1n) is 11.0. The molecule has 3 heterocycles. The van der Waals surface area contributed by atoms with Gasteiger partial charge < -0.3 is 4.90 Å². The Labute approximate surface area is 201 Å². The van der Waals surface area contributed by atoms with Crippen LogP contribution in [0.4, 0.5) is 4.79 Å². The molecule has 2 aliphatic heterocycles. The maximum atomic E-state index is 14.0. The van der Waals surface area contributed by atoms with Crippen LogP contribution in [-0.4, -0.2) is 40.1 Å². The molecule has 5 nitrogen and oxygen atoms in total. The lowest BCUT2D eigenvalue weighted by Gasteiger charge is -2.27. The number of thiophene rings is 1. The van der Waals surface area contributed by atoms with Crippen LogP contribution in [0.2, 0.25) is 5.02 Å². The maximum absolute atomic E-state index is 14.0. The molecule has 0 saturated carbocycles. The Morgan fingerprint density at radius 2 is 1.70 bits per heavy atom. The average Bonchev–Trinajstić information content (AvgIpc) is 3.53. The maximum Gasteiger partial charge on any atom is 0.328 e. The molecule has 2 fully saturated rings. The van der Waals surface area contributed by atoms with Crippen molar-refractivity contribution in [1.82, 2.24) is 9.80 Å². The second-order valence-electron chi connectivity index (χ2n) is 8.42. The number of benzene rings is 2. The average molecular weight is 479 g/mol. The highest BCUT2D eigenvalue weighted by Crippen LogP contribution is 2.54. The van der Waals surface area contributed by atoms with Gasteiger partial charge in [-0.25, -0.2) is 4.79 Å². The van der Waals surface area contributed by atoms with E-state index < -0.39 is 23.9 Å². The smallest absolute Gasteiger partial charge is 0.303 e. The Balaban J connectivity index is 1.69. The van der Waals surface area contributed by atoms with E-state index in [0.29, 0.717) is 23.6 Å². The molecule has 168 valence electrons. The summed E-state index contributed by atoms with van der Waals surface area (Å²) in [5.74, 6) is -1.34. The lowest BCUT2D eigenvalue weighted by Crippen LogP contribution is -2.38. The fourth-order valence-corrected chi connectivity index (χ4v) is 6.19. The van der Waals surface area contributed by atoms with Gasteiger partial charge in [0.05, 0.1) is 12.0 Å². The number of Topliss-reactive ketones (excluding diaryl/α,β-unsaturated/α-hetero) is 1. The lowest BCUT2D eigenvalue weighted by atomic mass is 9.77. The van der Waals surface area contributed by atoms with Gasteiger partial charge in [-0.2, -0.15) is 0 Å². The third-order valence-corrected chi connectivity index (χ3v) is 7.73. The van der Waals surface area contributed by atoms with Crippen LogP contribution >= 0.6 is 22.9 Å². The van der Waals surface area contributed by atoms with E-state index in [0.717, 1.165) is 10.4 Å². The summed E-state index contributed by atoms with van der Waals surface area (Å²) in [6.45, 7) is 2.32. The first-order chi connectivity index (χ1) is 16.0. The van der Waals surface area contributed by atoms with Crippen molar-refractivity contribution in [2.24, 2.45) is 5.92 Å². The molecule has 2 aromatic carbocycles. The molecule has 3 aromatic rings. The van der Waals surface area contributed by atoms with Gasteiger partial charge in [0.1, 0.15) is 6.04 Å². The normalized spacial score (nSPS) is 24.4. The number of amides is 3. The Hall–Kier alpha value is -2.96. The molecule has 0 aliphatic carbocycles. The summed E-state index contributed by atoms with van der Waals surface area (Å²) >= 11 is 7.57. The Morgan fingerprint density at radius 1 is 0.970 bits per heavy atom. The summed E-state index contributed by atoms with van der Waals surface area (Å²) in [7, 11) is 0. The predicted octanol–water partition coefficient (Wildman–Crippen LogP) is 5.78. The van der Waals surface area contributed by atoms with Crippen LogP contribution in [0.3, 0.4) is 0 Å². The lowest BCUT2D eigenvalue weighted by molar-refractivity contribution is -0.128. The number of imide groups is 1. The van der Waals surface area contributed by atoms with E-state index in [4.69, 9.17) is 11.6 Å². The highest BCUT2D eigenvalue weighted by atomic mass is 35.5. The van der Waals surface area contributed by atoms with Crippen LogP contribution in [0.1, 0.15) is 46.1 Å². The number of hydrogen-bond donors (Lipinski definition) is 0. The number of nitrogens with zero attached hydrogens (tertiary/aromatic N) is 2. The number of fused-ring (bicyclic) bond motifs is 1. The molecule has 3 amide bonds. The number of hydrogen-bond acceptors (Lipinski definition) is 4. The summed E-state index contributed by atoms with van der Waals surface area (Å²) in [5.41, 5.74) is 1.41. The zero-order valence-corrected chi connectivity index (χ0v) is 19.6. The summed E-state index contributed by atoms with van der Waals surface area (Å²) in [5, 5.41) is 2.49. The van der Waals surface area contributed by atoms with Crippen molar-refractivity contribution in [1.29, 1.82) is 0 Å². The summed E-state index contributed by atoms with van der Waals surface area (Å²) in [6.07, 6.45) is 0.685. The largest absolute Gasteiger partial charge is 0.328 e. The van der Waals surface area contributed by atoms with Crippen molar-refractivity contribution < 1.29 is 14.4 Å². The van der Waals surface area contributed by atoms with Gasteiger partial charge in [-0.3, -0.25) is 14.5 Å². The summed E-state index contributed by atoms with van der Waals surface area (Å²) < 4.78 is 0. The van der Waals surface area contributed by atoms with Gasteiger partial charge in [-0.05, 0) is 47.7 Å². The zero-order valence-electron chi connectivity index (χ0n) is 18.1. The van der Waals surface area contributed by atoms with Gasteiger partial charge in [-0.15, -0.1) is 11.3 Å². The quantitative estimate of drug-likeness (QED) is 0.333. The van der Waals surface area contributed by atoms with Crippen molar-refractivity contribution >= 4 is 40.7 Å².